The summed E-state index contributed by atoms with van der Waals surface area (Å²) >= 11 is 0. The molecule has 0 atom stereocenters. The topological polar surface area (TPSA) is 63.4 Å². The molecule has 1 saturated carbocycles. The molecule has 2 N–H and O–H groups in total. The lowest BCUT2D eigenvalue weighted by atomic mass is 10.1. The maximum Gasteiger partial charge on any atom is 0.263 e. The van der Waals surface area contributed by atoms with Gasteiger partial charge in [0.05, 0.1) is 11.1 Å². The van der Waals surface area contributed by atoms with Gasteiger partial charge in [0.2, 0.25) is 0 Å². The number of carbonyl (C=O) groups excluding carboxylic acids is 2. The molecule has 4 heteroatoms. The van der Waals surface area contributed by atoms with Crippen molar-refractivity contribution in [2.24, 2.45) is 0 Å². The highest BCUT2D eigenvalue weighted by Crippen LogP contribution is 2.33. The van der Waals surface area contributed by atoms with Crippen LogP contribution < -0.4 is 5.73 Å². The molecule has 0 radical (unpaired) electrons. The summed E-state index contributed by atoms with van der Waals surface area (Å²) in [7, 11) is 0. The van der Waals surface area contributed by atoms with Crippen molar-refractivity contribution in [2.45, 2.75) is 31.7 Å². The molecular formula is C13H14N2O2. The number of nitrogen functional groups attached to an aromatic ring is 1. The van der Waals surface area contributed by atoms with Gasteiger partial charge in [-0.3, -0.25) is 14.5 Å². The highest BCUT2D eigenvalue weighted by atomic mass is 16.2. The van der Waals surface area contributed by atoms with Crippen molar-refractivity contribution in [3.8, 4) is 0 Å². The van der Waals surface area contributed by atoms with Gasteiger partial charge in [0.15, 0.2) is 0 Å². The number of nitrogens with two attached hydrogens (primary N) is 1. The third-order valence-corrected chi connectivity index (χ3v) is 3.67. The fourth-order valence-corrected chi connectivity index (χ4v) is 2.82. The Morgan fingerprint density at radius 3 is 2.47 bits per heavy atom. The van der Waals surface area contributed by atoms with Crippen molar-refractivity contribution in [3.63, 3.8) is 0 Å². The Kier molecular flexibility index (Phi) is 2.18. The summed E-state index contributed by atoms with van der Waals surface area (Å²) in [6.07, 6.45) is 4.03. The summed E-state index contributed by atoms with van der Waals surface area (Å²) in [6.45, 7) is 0. The summed E-state index contributed by atoms with van der Waals surface area (Å²) in [5, 5.41) is 0. The van der Waals surface area contributed by atoms with Crippen LogP contribution in [0.5, 0.6) is 0 Å². The number of hydrogen-bond acceptors (Lipinski definition) is 3. The van der Waals surface area contributed by atoms with Crippen molar-refractivity contribution in [3.05, 3.63) is 29.3 Å². The third-order valence-electron chi connectivity index (χ3n) is 3.67. The summed E-state index contributed by atoms with van der Waals surface area (Å²) < 4.78 is 0. The molecule has 88 valence electrons. The zero-order valence-electron chi connectivity index (χ0n) is 9.48. The second-order valence-corrected chi connectivity index (χ2v) is 4.69. The maximum atomic E-state index is 12.2. The van der Waals surface area contributed by atoms with Gasteiger partial charge in [0, 0.05) is 11.7 Å². The quantitative estimate of drug-likeness (QED) is 0.591. The number of fused-ring (bicyclic) bond motifs is 1. The third kappa shape index (κ3) is 1.37. The fourth-order valence-electron chi connectivity index (χ4n) is 2.82. The van der Waals surface area contributed by atoms with E-state index in [1.54, 1.807) is 18.2 Å². The molecule has 2 aliphatic rings. The lowest BCUT2D eigenvalue weighted by molar-refractivity contribution is 0.0588. The van der Waals surface area contributed by atoms with Crippen molar-refractivity contribution in [2.75, 3.05) is 5.73 Å². The summed E-state index contributed by atoms with van der Waals surface area (Å²) in [5.74, 6) is -0.390. The van der Waals surface area contributed by atoms with Crippen LogP contribution in [0, 0.1) is 0 Å². The van der Waals surface area contributed by atoms with Gasteiger partial charge in [-0.1, -0.05) is 18.9 Å². The van der Waals surface area contributed by atoms with E-state index >= 15 is 0 Å². The molecule has 1 fully saturated rings. The van der Waals surface area contributed by atoms with E-state index in [1.165, 1.54) is 4.90 Å². The standard InChI is InChI=1S/C13H14N2O2/c14-10-7-3-6-9-11(10)13(17)15(12(9)16)8-4-1-2-5-8/h3,6-8H,1-2,4-5,14H2. The molecule has 4 nitrogen and oxygen atoms in total. The molecule has 1 aromatic carbocycles. The Hall–Kier alpha value is -1.84. The Morgan fingerprint density at radius 2 is 1.82 bits per heavy atom. The van der Waals surface area contributed by atoms with Crippen LogP contribution in [0.4, 0.5) is 5.69 Å². The van der Waals surface area contributed by atoms with E-state index in [4.69, 9.17) is 5.73 Å². The molecular weight excluding hydrogens is 216 g/mol. The van der Waals surface area contributed by atoms with Crippen molar-refractivity contribution < 1.29 is 9.59 Å². The van der Waals surface area contributed by atoms with E-state index in [0.717, 1.165) is 25.7 Å². The molecule has 0 bridgehead atoms. The number of rotatable bonds is 1. The van der Waals surface area contributed by atoms with Gasteiger partial charge in [-0.2, -0.15) is 0 Å². The normalized spacial score (nSPS) is 20.1. The van der Waals surface area contributed by atoms with E-state index < -0.39 is 0 Å². The van der Waals surface area contributed by atoms with Gasteiger partial charge in [0.25, 0.3) is 11.8 Å². The van der Waals surface area contributed by atoms with Crippen LogP contribution >= 0.6 is 0 Å². The molecule has 2 amide bonds. The number of benzene rings is 1. The first kappa shape index (κ1) is 10.3. The second-order valence-electron chi connectivity index (χ2n) is 4.69. The van der Waals surface area contributed by atoms with E-state index in [0.29, 0.717) is 16.8 Å². The number of nitrogens with zero attached hydrogens (tertiary/aromatic N) is 1. The van der Waals surface area contributed by atoms with Crippen molar-refractivity contribution in [1.29, 1.82) is 0 Å². The van der Waals surface area contributed by atoms with Crippen LogP contribution in [0.25, 0.3) is 0 Å². The number of carbonyl (C=O) groups is 2. The van der Waals surface area contributed by atoms with Crippen LogP contribution in [0.1, 0.15) is 46.4 Å². The molecule has 1 heterocycles. The van der Waals surface area contributed by atoms with Gasteiger partial charge >= 0.3 is 0 Å². The molecule has 1 aromatic rings. The largest absolute Gasteiger partial charge is 0.398 e. The zero-order valence-corrected chi connectivity index (χ0v) is 9.48. The van der Waals surface area contributed by atoms with Crippen LogP contribution in [-0.4, -0.2) is 22.8 Å². The number of amides is 2. The molecule has 3 rings (SSSR count). The number of anilines is 1. The number of hydrogen-bond donors (Lipinski definition) is 1. The lowest BCUT2D eigenvalue weighted by Gasteiger charge is -2.21. The highest BCUT2D eigenvalue weighted by Gasteiger charge is 2.41. The average Bonchev–Trinajstić information content (AvgIpc) is 2.88. The SMILES string of the molecule is Nc1cccc2c1C(=O)N(C1CCCC1)C2=O. The van der Waals surface area contributed by atoms with Gasteiger partial charge in [-0.15, -0.1) is 0 Å². The zero-order chi connectivity index (χ0) is 12.0. The van der Waals surface area contributed by atoms with Crippen LogP contribution in [0.2, 0.25) is 0 Å². The van der Waals surface area contributed by atoms with Gasteiger partial charge in [-0.05, 0) is 25.0 Å². The van der Waals surface area contributed by atoms with E-state index in [1.807, 2.05) is 0 Å². The summed E-state index contributed by atoms with van der Waals surface area (Å²) in [4.78, 5) is 25.8. The molecule has 1 aliphatic heterocycles. The highest BCUT2D eigenvalue weighted by molar-refractivity contribution is 6.23. The van der Waals surface area contributed by atoms with Gasteiger partial charge in [0.1, 0.15) is 0 Å². The summed E-state index contributed by atoms with van der Waals surface area (Å²) in [5.41, 5.74) is 7.04. The first-order valence-corrected chi connectivity index (χ1v) is 5.96. The average molecular weight is 230 g/mol. The van der Waals surface area contributed by atoms with E-state index in [-0.39, 0.29) is 17.9 Å². The second kappa shape index (κ2) is 3.58. The summed E-state index contributed by atoms with van der Waals surface area (Å²) in [6, 6.07) is 5.14. The predicted octanol–water partition coefficient (Wildman–Crippen LogP) is 1.81. The van der Waals surface area contributed by atoms with Crippen LogP contribution in [0.3, 0.4) is 0 Å². The first-order valence-electron chi connectivity index (χ1n) is 5.96. The molecule has 1 aliphatic carbocycles. The molecule has 0 spiro atoms. The Bertz CT molecular complexity index is 504. The fraction of sp³-hybridized carbons (Fsp3) is 0.385. The predicted molar refractivity (Wildman–Crippen MR) is 63.6 cm³/mol. The molecule has 0 aromatic heterocycles. The monoisotopic (exact) mass is 230 g/mol. The molecule has 0 saturated heterocycles. The Labute approximate surface area is 99.4 Å². The first-order chi connectivity index (χ1) is 8.20. The van der Waals surface area contributed by atoms with E-state index in [2.05, 4.69) is 0 Å². The van der Waals surface area contributed by atoms with Gasteiger partial charge in [-0.25, -0.2) is 0 Å². The number of imide groups is 1. The van der Waals surface area contributed by atoms with E-state index in [9.17, 15) is 9.59 Å². The minimum atomic E-state index is -0.213. The molecule has 17 heavy (non-hydrogen) atoms. The van der Waals surface area contributed by atoms with Crippen molar-refractivity contribution >= 4 is 17.5 Å². The van der Waals surface area contributed by atoms with Gasteiger partial charge < -0.3 is 5.73 Å². The molecule has 0 unspecified atom stereocenters. The minimum Gasteiger partial charge on any atom is -0.398 e. The smallest absolute Gasteiger partial charge is 0.263 e. The Morgan fingerprint density at radius 1 is 1.12 bits per heavy atom. The van der Waals surface area contributed by atoms with Crippen molar-refractivity contribution in [1.82, 2.24) is 4.90 Å². The minimum absolute atomic E-state index is 0.0711. The van der Waals surface area contributed by atoms with Crippen LogP contribution in [-0.2, 0) is 0 Å². The lowest BCUT2D eigenvalue weighted by Crippen LogP contribution is -2.38. The maximum absolute atomic E-state index is 12.2. The Balaban J connectivity index is 2.05. The van der Waals surface area contributed by atoms with Crippen LogP contribution in [0.15, 0.2) is 18.2 Å².